The van der Waals surface area contributed by atoms with E-state index >= 15 is 0 Å². The number of likely N-dealkylation sites (tertiary alicyclic amines) is 2. The van der Waals surface area contributed by atoms with Crippen molar-refractivity contribution in [1.29, 1.82) is 0 Å². The van der Waals surface area contributed by atoms with Crippen LogP contribution in [0.25, 0.3) is 0 Å². The molecule has 0 aromatic carbocycles. The largest absolute Gasteiger partial charge is 0.342 e. The van der Waals surface area contributed by atoms with Gasteiger partial charge < -0.3 is 9.80 Å². The van der Waals surface area contributed by atoms with Crippen LogP contribution in [0, 0.1) is 17.8 Å². The van der Waals surface area contributed by atoms with Gasteiger partial charge in [-0.05, 0) is 48.6 Å². The van der Waals surface area contributed by atoms with Gasteiger partial charge in [0.05, 0.1) is 5.00 Å². The lowest BCUT2D eigenvalue weighted by molar-refractivity contribution is -0.139. The Labute approximate surface area is 148 Å². The minimum Gasteiger partial charge on any atom is -0.342 e. The number of urea groups is 1. The Morgan fingerprint density at radius 1 is 1.12 bits per heavy atom. The van der Waals surface area contributed by atoms with Crippen LogP contribution in [0.5, 0.6) is 0 Å². The molecule has 2 aliphatic rings. The van der Waals surface area contributed by atoms with E-state index in [-0.39, 0.29) is 11.9 Å². The number of thiophene rings is 1. The monoisotopic (exact) mass is 349 g/mol. The Morgan fingerprint density at radius 3 is 2.38 bits per heavy atom. The Balaban J connectivity index is 1.49. The molecule has 0 aliphatic carbocycles. The highest BCUT2D eigenvalue weighted by molar-refractivity contribution is 7.14. The zero-order valence-electron chi connectivity index (χ0n) is 14.5. The van der Waals surface area contributed by atoms with Gasteiger partial charge in [0.1, 0.15) is 0 Å². The van der Waals surface area contributed by atoms with Crippen LogP contribution in [-0.4, -0.2) is 47.9 Å². The molecule has 0 bridgehead atoms. The molecule has 0 saturated carbocycles. The van der Waals surface area contributed by atoms with Crippen molar-refractivity contribution in [2.75, 3.05) is 31.5 Å². The molecule has 132 valence electrons. The van der Waals surface area contributed by atoms with Crippen molar-refractivity contribution < 1.29 is 9.59 Å². The van der Waals surface area contributed by atoms with Crippen LogP contribution in [-0.2, 0) is 4.79 Å². The number of hydrogen-bond acceptors (Lipinski definition) is 3. The highest BCUT2D eigenvalue weighted by Crippen LogP contribution is 2.26. The van der Waals surface area contributed by atoms with Crippen LogP contribution in [0.1, 0.15) is 33.1 Å². The van der Waals surface area contributed by atoms with Gasteiger partial charge in [-0.25, -0.2) is 4.79 Å². The third kappa shape index (κ3) is 4.09. The average molecular weight is 350 g/mol. The summed E-state index contributed by atoms with van der Waals surface area (Å²) >= 11 is 1.52. The second-order valence-electron chi connectivity index (χ2n) is 7.36. The van der Waals surface area contributed by atoms with E-state index in [0.29, 0.717) is 30.8 Å². The van der Waals surface area contributed by atoms with E-state index in [4.69, 9.17) is 0 Å². The first kappa shape index (κ1) is 17.3. The fraction of sp³-hybridized carbons (Fsp3) is 0.667. The van der Waals surface area contributed by atoms with Gasteiger partial charge in [0.15, 0.2) is 0 Å². The second kappa shape index (κ2) is 7.55. The maximum atomic E-state index is 12.8. The number of piperidine rings is 2. The van der Waals surface area contributed by atoms with Gasteiger partial charge in [0.25, 0.3) is 0 Å². The molecule has 1 aromatic heterocycles. The van der Waals surface area contributed by atoms with Crippen molar-refractivity contribution in [2.24, 2.45) is 17.8 Å². The summed E-state index contributed by atoms with van der Waals surface area (Å²) in [5, 5.41) is 5.74. The quantitative estimate of drug-likeness (QED) is 0.888. The van der Waals surface area contributed by atoms with Gasteiger partial charge >= 0.3 is 6.03 Å². The van der Waals surface area contributed by atoms with Crippen LogP contribution < -0.4 is 5.32 Å². The topological polar surface area (TPSA) is 52.7 Å². The van der Waals surface area contributed by atoms with Gasteiger partial charge in [-0.15, -0.1) is 11.3 Å². The zero-order chi connectivity index (χ0) is 17.1. The highest BCUT2D eigenvalue weighted by Gasteiger charge is 2.33. The molecule has 1 N–H and O–H groups in total. The first-order chi connectivity index (χ1) is 11.5. The molecule has 5 nitrogen and oxygen atoms in total. The number of anilines is 1. The number of amides is 3. The number of carbonyl (C=O) groups is 2. The Hall–Kier alpha value is -1.56. The lowest BCUT2D eigenvalue weighted by atomic mass is 9.89. The van der Waals surface area contributed by atoms with Crippen LogP contribution in [0.3, 0.4) is 0 Å². The predicted molar refractivity (Wildman–Crippen MR) is 97.2 cm³/mol. The summed E-state index contributed by atoms with van der Waals surface area (Å²) in [5.74, 6) is 1.56. The molecule has 24 heavy (non-hydrogen) atoms. The van der Waals surface area contributed by atoms with E-state index in [1.165, 1.54) is 17.8 Å². The van der Waals surface area contributed by atoms with E-state index in [0.717, 1.165) is 30.9 Å². The number of rotatable bonds is 2. The van der Waals surface area contributed by atoms with Crippen molar-refractivity contribution in [1.82, 2.24) is 9.80 Å². The molecule has 2 unspecified atom stereocenters. The standard InChI is InChI=1S/C18H27N3O2S/c1-13-10-14(2)12-21(11-13)17(22)15-5-7-20(8-6-15)18(23)19-16-4-3-9-24-16/h3-4,9,13-15H,5-8,10-12H2,1-2H3,(H,19,23). The molecular formula is C18H27N3O2S. The van der Waals surface area contributed by atoms with Gasteiger partial charge in [0, 0.05) is 32.1 Å². The van der Waals surface area contributed by atoms with Crippen molar-refractivity contribution in [3.05, 3.63) is 17.5 Å². The number of nitrogens with zero attached hydrogens (tertiary/aromatic N) is 2. The third-order valence-corrected chi connectivity index (χ3v) is 5.85. The summed E-state index contributed by atoms with van der Waals surface area (Å²) in [5.41, 5.74) is 0. The van der Waals surface area contributed by atoms with Gasteiger partial charge in [0.2, 0.25) is 5.91 Å². The average Bonchev–Trinajstić information content (AvgIpc) is 3.06. The zero-order valence-corrected chi connectivity index (χ0v) is 15.3. The van der Waals surface area contributed by atoms with E-state index in [2.05, 4.69) is 24.1 Å². The van der Waals surface area contributed by atoms with Crippen molar-refractivity contribution in [2.45, 2.75) is 33.1 Å². The second-order valence-corrected chi connectivity index (χ2v) is 8.31. The molecular weight excluding hydrogens is 322 g/mol. The van der Waals surface area contributed by atoms with E-state index < -0.39 is 0 Å². The molecule has 3 rings (SSSR count). The highest BCUT2D eigenvalue weighted by atomic mass is 32.1. The molecule has 2 saturated heterocycles. The maximum absolute atomic E-state index is 12.8. The number of hydrogen-bond donors (Lipinski definition) is 1. The van der Waals surface area contributed by atoms with Gasteiger partial charge in [-0.3, -0.25) is 10.1 Å². The summed E-state index contributed by atoms with van der Waals surface area (Å²) in [6, 6.07) is 3.77. The van der Waals surface area contributed by atoms with Crippen molar-refractivity contribution in [3.63, 3.8) is 0 Å². The van der Waals surface area contributed by atoms with E-state index in [1.54, 1.807) is 0 Å². The van der Waals surface area contributed by atoms with Gasteiger partial charge in [-0.1, -0.05) is 13.8 Å². The summed E-state index contributed by atoms with van der Waals surface area (Å²) in [6.45, 7) is 7.56. The van der Waals surface area contributed by atoms with Gasteiger partial charge in [-0.2, -0.15) is 0 Å². The molecule has 3 heterocycles. The molecule has 2 aliphatic heterocycles. The molecule has 0 spiro atoms. The minimum absolute atomic E-state index is 0.0523. The maximum Gasteiger partial charge on any atom is 0.322 e. The van der Waals surface area contributed by atoms with Crippen LogP contribution in [0.2, 0.25) is 0 Å². The fourth-order valence-corrected chi connectivity index (χ4v) is 4.57. The van der Waals surface area contributed by atoms with E-state index in [1.807, 2.05) is 22.4 Å². The minimum atomic E-state index is -0.0523. The molecule has 6 heteroatoms. The van der Waals surface area contributed by atoms with Crippen LogP contribution in [0.15, 0.2) is 17.5 Å². The number of nitrogens with one attached hydrogen (secondary N) is 1. The number of carbonyl (C=O) groups excluding carboxylic acids is 2. The van der Waals surface area contributed by atoms with Crippen molar-refractivity contribution >= 4 is 28.3 Å². The molecule has 3 amide bonds. The van der Waals surface area contributed by atoms with Crippen LogP contribution >= 0.6 is 11.3 Å². The predicted octanol–water partition coefficient (Wildman–Crippen LogP) is 3.50. The van der Waals surface area contributed by atoms with E-state index in [9.17, 15) is 9.59 Å². The third-order valence-electron chi connectivity index (χ3n) is 5.06. The smallest absolute Gasteiger partial charge is 0.322 e. The van der Waals surface area contributed by atoms with Crippen molar-refractivity contribution in [3.8, 4) is 0 Å². The molecule has 1 aromatic rings. The molecule has 2 atom stereocenters. The van der Waals surface area contributed by atoms with Crippen LogP contribution in [0.4, 0.5) is 9.80 Å². The molecule has 2 fully saturated rings. The summed E-state index contributed by atoms with van der Waals surface area (Å²) in [6.07, 6.45) is 2.76. The first-order valence-corrected chi connectivity index (χ1v) is 9.79. The summed E-state index contributed by atoms with van der Waals surface area (Å²) < 4.78 is 0. The lowest BCUT2D eigenvalue weighted by Crippen LogP contribution is -2.49. The first-order valence-electron chi connectivity index (χ1n) is 8.91. The summed E-state index contributed by atoms with van der Waals surface area (Å²) in [7, 11) is 0. The Kier molecular flexibility index (Phi) is 5.43. The Bertz CT molecular complexity index is 557. The SMILES string of the molecule is CC1CC(C)CN(C(=O)C2CCN(C(=O)Nc3cccs3)CC2)C1. The fourth-order valence-electron chi connectivity index (χ4n) is 3.96. The normalized spacial score (nSPS) is 25.6. The lowest BCUT2D eigenvalue weighted by Gasteiger charge is -2.39. The Morgan fingerprint density at radius 2 is 1.79 bits per heavy atom. The molecule has 0 radical (unpaired) electrons. The summed E-state index contributed by atoms with van der Waals surface area (Å²) in [4.78, 5) is 28.9.